The summed E-state index contributed by atoms with van der Waals surface area (Å²) in [5.74, 6) is 0.533. The molecule has 0 amide bonds. The molecule has 1 aromatic carbocycles. The van der Waals surface area contributed by atoms with E-state index in [2.05, 4.69) is 52.2 Å². The van der Waals surface area contributed by atoms with Crippen LogP contribution in [0.25, 0.3) is 23.9 Å². The summed E-state index contributed by atoms with van der Waals surface area (Å²) >= 11 is 0. The predicted octanol–water partition coefficient (Wildman–Crippen LogP) is 3.42. The number of aliphatic imine (C=N–C) groups is 1. The molecule has 2 atom stereocenters. The molecule has 168 valence electrons. The van der Waals surface area contributed by atoms with Crippen LogP contribution in [0.5, 0.6) is 0 Å². The Kier molecular flexibility index (Phi) is 11.0. The SMILES string of the molecule is C=c1[nH]nc(-c2ccccc2)/c1=C/C1C(C)=NNC1/N=C(/C)N.CC(C)=N.CCCC. The van der Waals surface area contributed by atoms with Gasteiger partial charge in [0.25, 0.3) is 0 Å². The van der Waals surface area contributed by atoms with Gasteiger partial charge in [0.15, 0.2) is 0 Å². The van der Waals surface area contributed by atoms with E-state index in [4.69, 9.17) is 11.1 Å². The number of benzene rings is 1. The molecule has 0 saturated carbocycles. The van der Waals surface area contributed by atoms with Gasteiger partial charge in [-0.15, -0.1) is 0 Å². The standard InChI is InChI=1S/C17H20N6.C4H10.C3H7N/c1-10-14(16(22-20-10)13-7-5-4-6-8-13)9-15-11(2)21-23-17(15)19-12(3)18;1-3-4-2;1-3(2)4/h4-9,15,17,20,23H,1H2,2-3H3,(H2,18,19);3-4H2,1-2H3;4H,1-2H3/b14-9+;;. The summed E-state index contributed by atoms with van der Waals surface area (Å²) in [5.41, 5.74) is 12.3. The summed E-state index contributed by atoms with van der Waals surface area (Å²) in [4.78, 5) is 4.41. The molecular formula is C24H37N7. The molecule has 2 unspecified atom stereocenters. The molecule has 0 saturated heterocycles. The molecule has 1 aliphatic rings. The van der Waals surface area contributed by atoms with Crippen LogP contribution in [-0.2, 0) is 0 Å². The number of hydrogen-bond acceptors (Lipinski definition) is 5. The highest BCUT2D eigenvalue weighted by Gasteiger charge is 2.27. The Balaban J connectivity index is 0.000000519. The van der Waals surface area contributed by atoms with Gasteiger partial charge in [-0.1, -0.05) is 69.7 Å². The van der Waals surface area contributed by atoms with Gasteiger partial charge in [0.2, 0.25) is 0 Å². The molecule has 1 aromatic heterocycles. The lowest BCUT2D eigenvalue weighted by Gasteiger charge is -2.12. The summed E-state index contributed by atoms with van der Waals surface area (Å²) in [5, 5.41) is 19.9. The highest BCUT2D eigenvalue weighted by molar-refractivity contribution is 5.92. The van der Waals surface area contributed by atoms with Crippen molar-refractivity contribution in [1.82, 2.24) is 15.6 Å². The van der Waals surface area contributed by atoms with Gasteiger partial charge in [0, 0.05) is 22.2 Å². The van der Waals surface area contributed by atoms with E-state index in [1.807, 2.05) is 37.3 Å². The maximum atomic E-state index is 6.50. The topological polar surface area (TPSA) is 115 Å². The molecule has 0 radical (unpaired) electrons. The molecule has 7 heteroatoms. The summed E-state index contributed by atoms with van der Waals surface area (Å²) < 4.78 is 0. The van der Waals surface area contributed by atoms with Crippen LogP contribution in [0.4, 0.5) is 0 Å². The molecule has 0 aliphatic carbocycles. The lowest BCUT2D eigenvalue weighted by molar-refractivity contribution is 0.563. The molecule has 0 bridgehead atoms. The van der Waals surface area contributed by atoms with Crippen LogP contribution in [-0.4, -0.2) is 33.6 Å². The van der Waals surface area contributed by atoms with Crippen molar-refractivity contribution in [2.45, 2.75) is 60.5 Å². The first kappa shape index (κ1) is 25.8. The van der Waals surface area contributed by atoms with Crippen LogP contribution in [0, 0.1) is 11.3 Å². The van der Waals surface area contributed by atoms with Gasteiger partial charge in [0.1, 0.15) is 6.17 Å². The number of nitrogens with one attached hydrogen (secondary N) is 3. The first-order chi connectivity index (χ1) is 14.7. The average Bonchev–Trinajstić information content (AvgIpc) is 3.25. The van der Waals surface area contributed by atoms with E-state index in [1.54, 1.807) is 20.8 Å². The van der Waals surface area contributed by atoms with Crippen molar-refractivity contribution in [3.8, 4) is 11.3 Å². The second-order valence-electron chi connectivity index (χ2n) is 7.62. The predicted molar refractivity (Wildman–Crippen MR) is 134 cm³/mol. The fraction of sp³-hybridized carbons (Fsp3) is 0.417. The molecule has 7 nitrogen and oxygen atoms in total. The Hall–Kier alpha value is -3.22. The van der Waals surface area contributed by atoms with Gasteiger partial charge in [-0.2, -0.15) is 10.2 Å². The van der Waals surface area contributed by atoms with Gasteiger partial charge in [-0.3, -0.25) is 10.5 Å². The number of nitrogens with two attached hydrogens (primary N) is 1. The third-order valence-electron chi connectivity index (χ3n) is 4.31. The lowest BCUT2D eigenvalue weighted by atomic mass is 9.99. The summed E-state index contributed by atoms with van der Waals surface area (Å²) in [6.07, 6.45) is 4.54. The molecule has 2 heterocycles. The quantitative estimate of drug-likeness (QED) is 0.446. The second-order valence-corrected chi connectivity index (χ2v) is 7.62. The smallest absolute Gasteiger partial charge is 0.147 e. The van der Waals surface area contributed by atoms with E-state index >= 15 is 0 Å². The van der Waals surface area contributed by atoms with Crippen molar-refractivity contribution in [2.24, 2.45) is 21.7 Å². The molecule has 0 spiro atoms. The fourth-order valence-corrected chi connectivity index (χ4v) is 2.65. The molecule has 1 aliphatic heterocycles. The van der Waals surface area contributed by atoms with Crippen LogP contribution < -0.4 is 21.7 Å². The summed E-state index contributed by atoms with van der Waals surface area (Å²) in [6, 6.07) is 10.0. The molecule has 0 fully saturated rings. The number of aromatic amines is 1. The first-order valence-electron chi connectivity index (χ1n) is 10.6. The minimum Gasteiger partial charge on any atom is -0.388 e. The van der Waals surface area contributed by atoms with Crippen molar-refractivity contribution in [3.05, 3.63) is 40.9 Å². The minimum atomic E-state index is -0.196. The van der Waals surface area contributed by atoms with Crippen molar-refractivity contribution in [1.29, 1.82) is 5.41 Å². The zero-order valence-electron chi connectivity index (χ0n) is 19.7. The average molecular weight is 424 g/mol. The minimum absolute atomic E-state index is 0.00839. The van der Waals surface area contributed by atoms with Gasteiger partial charge >= 0.3 is 0 Å². The van der Waals surface area contributed by atoms with Crippen LogP contribution in [0.3, 0.4) is 0 Å². The highest BCUT2D eigenvalue weighted by Crippen LogP contribution is 2.17. The van der Waals surface area contributed by atoms with Gasteiger partial charge in [-0.25, -0.2) is 4.99 Å². The van der Waals surface area contributed by atoms with E-state index < -0.39 is 0 Å². The van der Waals surface area contributed by atoms with Crippen molar-refractivity contribution < 1.29 is 0 Å². The van der Waals surface area contributed by atoms with Gasteiger partial charge in [0.05, 0.1) is 22.8 Å². The summed E-state index contributed by atoms with van der Waals surface area (Å²) in [6.45, 7) is 15.7. The Morgan fingerprint density at radius 3 is 2.29 bits per heavy atom. The van der Waals surface area contributed by atoms with E-state index in [0.29, 0.717) is 11.5 Å². The normalized spacial score (nSPS) is 18.2. The number of unbranched alkanes of at least 4 members (excludes halogenated alkanes) is 1. The number of aromatic nitrogens is 2. The second kappa shape index (κ2) is 13.2. The summed E-state index contributed by atoms with van der Waals surface area (Å²) in [7, 11) is 0. The van der Waals surface area contributed by atoms with Crippen LogP contribution >= 0.6 is 0 Å². The number of nitrogens with zero attached hydrogens (tertiary/aromatic N) is 3. The van der Waals surface area contributed by atoms with Crippen LogP contribution in [0.15, 0.2) is 40.4 Å². The largest absolute Gasteiger partial charge is 0.388 e. The van der Waals surface area contributed by atoms with Crippen molar-refractivity contribution in [2.75, 3.05) is 0 Å². The van der Waals surface area contributed by atoms with E-state index in [9.17, 15) is 0 Å². The Labute approximate surface area is 185 Å². The van der Waals surface area contributed by atoms with Gasteiger partial charge < -0.3 is 11.1 Å². The van der Waals surface area contributed by atoms with E-state index in [0.717, 1.165) is 27.5 Å². The Morgan fingerprint density at radius 1 is 1.19 bits per heavy atom. The molecule has 31 heavy (non-hydrogen) atoms. The highest BCUT2D eigenvalue weighted by atomic mass is 15.4. The van der Waals surface area contributed by atoms with E-state index in [-0.39, 0.29) is 12.1 Å². The molecule has 5 N–H and O–H groups in total. The molecule has 3 rings (SSSR count). The number of hydrogen-bond donors (Lipinski definition) is 4. The van der Waals surface area contributed by atoms with Crippen LogP contribution in [0.1, 0.15) is 54.4 Å². The maximum absolute atomic E-state index is 6.50. The van der Waals surface area contributed by atoms with Crippen molar-refractivity contribution in [3.63, 3.8) is 0 Å². The number of amidine groups is 1. The monoisotopic (exact) mass is 423 g/mol. The maximum Gasteiger partial charge on any atom is 0.147 e. The number of hydrazone groups is 1. The van der Waals surface area contributed by atoms with Gasteiger partial charge in [-0.05, 0) is 27.7 Å². The zero-order valence-corrected chi connectivity index (χ0v) is 19.7. The molecular weight excluding hydrogens is 386 g/mol. The van der Waals surface area contributed by atoms with Crippen molar-refractivity contribution >= 4 is 29.9 Å². The fourth-order valence-electron chi connectivity index (χ4n) is 2.65. The van der Waals surface area contributed by atoms with Crippen LogP contribution in [0.2, 0.25) is 0 Å². The third kappa shape index (κ3) is 8.58. The molecule has 2 aromatic rings. The first-order valence-corrected chi connectivity index (χ1v) is 10.6. The lowest BCUT2D eigenvalue weighted by Crippen LogP contribution is -2.32. The Morgan fingerprint density at radius 2 is 1.77 bits per heavy atom. The third-order valence-corrected chi connectivity index (χ3v) is 4.31. The zero-order chi connectivity index (χ0) is 23.4. The number of H-pyrrole nitrogens is 1. The Bertz CT molecular complexity index is 977. The van der Waals surface area contributed by atoms with E-state index in [1.165, 1.54) is 12.8 Å². The number of rotatable bonds is 4.